The van der Waals surface area contributed by atoms with Gasteiger partial charge in [0.25, 0.3) is 0 Å². The summed E-state index contributed by atoms with van der Waals surface area (Å²) in [5, 5.41) is -0.127. The van der Waals surface area contributed by atoms with Crippen LogP contribution in [0, 0.1) is 0 Å². The molecule has 0 saturated heterocycles. The van der Waals surface area contributed by atoms with Gasteiger partial charge in [-0.05, 0) is 40.0 Å². The van der Waals surface area contributed by atoms with Crippen molar-refractivity contribution < 1.29 is 38.4 Å². The predicted molar refractivity (Wildman–Crippen MR) is 86.1 cm³/mol. The van der Waals surface area contributed by atoms with Crippen LogP contribution in [0.15, 0.2) is 76.1 Å². The molecule has 2 aromatic rings. The Labute approximate surface area is 152 Å². The van der Waals surface area contributed by atoms with E-state index in [9.17, 15) is 34.8 Å². The fraction of sp³-hybridized carbons (Fsp3) is 0.133. The molecule has 0 aliphatic heterocycles. The van der Waals surface area contributed by atoms with Crippen LogP contribution in [0.5, 0.6) is 0 Å². The maximum atomic E-state index is 12.9. The Morgan fingerprint density at radius 3 is 1.96 bits per heavy atom. The van der Waals surface area contributed by atoms with E-state index >= 15 is 0 Å². The Bertz CT molecular complexity index is 857. The van der Waals surface area contributed by atoms with Gasteiger partial charge < -0.3 is 0 Å². The number of aromatic nitrogens is 1. The molecule has 0 bridgehead atoms. The second-order valence-electron chi connectivity index (χ2n) is 4.89. The summed E-state index contributed by atoms with van der Waals surface area (Å²) in [4.78, 5) is 3.55. The summed E-state index contributed by atoms with van der Waals surface area (Å²) in [6, 6.07) is 10.2. The van der Waals surface area contributed by atoms with Crippen LogP contribution in [-0.4, -0.2) is 25.1 Å². The molecule has 0 aliphatic rings. The van der Waals surface area contributed by atoms with Crippen molar-refractivity contribution in [3.63, 3.8) is 0 Å². The van der Waals surface area contributed by atoms with Gasteiger partial charge in [-0.3, -0.25) is 0 Å². The number of hydrogen-bond acceptors (Lipinski definition) is 4. The average molecular weight is 431 g/mol. The molecule has 0 aliphatic carbocycles. The van der Waals surface area contributed by atoms with Crippen LogP contribution in [0.2, 0.25) is 0 Å². The minimum Gasteiger partial charge on any atom is -0.249 e. The highest BCUT2D eigenvalue weighted by Crippen LogP contribution is 2.66. The fourth-order valence-electron chi connectivity index (χ4n) is 1.87. The van der Waals surface area contributed by atoms with Gasteiger partial charge in [0.15, 0.2) is 0 Å². The number of pyridine rings is 1. The molecule has 0 saturated carbocycles. The minimum atomic E-state index is -6.24. The molecular weight excluding hydrogens is 420 g/mol. The van der Waals surface area contributed by atoms with Gasteiger partial charge in [0.1, 0.15) is 5.03 Å². The topological polar surface area (TPSA) is 56.3 Å². The van der Waals surface area contributed by atoms with Gasteiger partial charge in [-0.2, -0.15) is 38.4 Å². The van der Waals surface area contributed by atoms with Crippen molar-refractivity contribution in [1.29, 1.82) is 0 Å². The van der Waals surface area contributed by atoms with Crippen molar-refractivity contribution in [2.24, 2.45) is 0 Å². The number of alkyl halides is 6. The van der Waals surface area contributed by atoms with Crippen molar-refractivity contribution in [1.82, 2.24) is 4.98 Å². The van der Waals surface area contributed by atoms with Crippen LogP contribution >= 0.6 is 10.3 Å². The van der Waals surface area contributed by atoms with Crippen molar-refractivity contribution in [3.05, 3.63) is 66.2 Å². The lowest BCUT2D eigenvalue weighted by Crippen LogP contribution is -2.27. The van der Waals surface area contributed by atoms with Gasteiger partial charge in [-0.15, -0.1) is 0 Å². The molecule has 1 heterocycles. The van der Waals surface area contributed by atoms with Crippen LogP contribution in [0.3, 0.4) is 0 Å². The van der Waals surface area contributed by atoms with Crippen molar-refractivity contribution in [2.75, 3.05) is 0 Å². The first kappa shape index (κ1) is 21.3. The Balaban J connectivity index is 2.80. The average Bonchev–Trinajstić information content (AvgIpc) is 2.58. The Morgan fingerprint density at radius 1 is 0.889 bits per heavy atom. The number of halogens is 6. The Hall–Kier alpha value is -2.05. The molecule has 1 aromatic carbocycles. The lowest BCUT2D eigenvalue weighted by atomic mass is 10.4. The zero-order valence-electron chi connectivity index (χ0n) is 13.1. The minimum absolute atomic E-state index is 0.211. The van der Waals surface area contributed by atoms with Crippen LogP contribution in [-0.2, 0) is 13.7 Å². The van der Waals surface area contributed by atoms with Crippen molar-refractivity contribution >= 4 is 20.4 Å². The summed E-state index contributed by atoms with van der Waals surface area (Å²) in [6.07, 6.45) is -4.19. The zero-order chi connectivity index (χ0) is 20.3. The summed E-state index contributed by atoms with van der Waals surface area (Å²) in [6.45, 7) is 0. The first-order valence-corrected chi connectivity index (χ1v) is 9.98. The summed E-state index contributed by atoms with van der Waals surface area (Å²) in [5.74, 6) is 0. The van der Waals surface area contributed by atoms with E-state index in [0.717, 1.165) is 24.4 Å². The molecule has 27 heavy (non-hydrogen) atoms. The summed E-state index contributed by atoms with van der Waals surface area (Å²) >= 11 is 0. The van der Waals surface area contributed by atoms with Gasteiger partial charge in [-0.1, -0.05) is 24.3 Å². The van der Waals surface area contributed by atoms with Gasteiger partial charge in [-0.25, -0.2) is 4.98 Å². The van der Waals surface area contributed by atoms with E-state index in [4.69, 9.17) is 0 Å². The molecule has 12 heteroatoms. The standard InChI is InChI=1S/C15H11F6NO3S2/c16-14(17,18)9-11-26(12-6-2-1-3-7-12,13-8-4-5-10-22-13)25-27(23,24)15(19,20)21/h1-11H. The lowest BCUT2D eigenvalue weighted by Gasteiger charge is -2.35. The smallest absolute Gasteiger partial charge is 0.249 e. The van der Waals surface area contributed by atoms with Crippen LogP contribution in [0.25, 0.3) is 0 Å². The highest BCUT2D eigenvalue weighted by Gasteiger charge is 2.52. The first-order chi connectivity index (χ1) is 12.4. The van der Waals surface area contributed by atoms with Gasteiger partial charge in [0.05, 0.1) is 0 Å². The molecule has 1 atom stereocenters. The van der Waals surface area contributed by atoms with Crippen molar-refractivity contribution in [2.45, 2.75) is 21.6 Å². The largest absolute Gasteiger partial charge is 0.524 e. The predicted octanol–water partition coefficient (Wildman–Crippen LogP) is 5.16. The number of allylic oxidation sites excluding steroid dienone is 1. The van der Waals surface area contributed by atoms with E-state index in [1.165, 1.54) is 30.3 Å². The third-order valence-corrected chi connectivity index (χ3v) is 7.47. The summed E-state index contributed by atoms with van der Waals surface area (Å²) in [5.41, 5.74) is -5.83. The monoisotopic (exact) mass is 431 g/mol. The van der Waals surface area contributed by atoms with E-state index in [2.05, 4.69) is 8.61 Å². The van der Waals surface area contributed by atoms with Crippen molar-refractivity contribution in [3.8, 4) is 0 Å². The number of nitrogens with zero attached hydrogens (tertiary/aromatic N) is 1. The molecule has 148 valence electrons. The molecule has 1 aromatic heterocycles. The molecule has 1 unspecified atom stereocenters. The lowest BCUT2D eigenvalue weighted by molar-refractivity contribution is -0.0797. The zero-order valence-corrected chi connectivity index (χ0v) is 14.7. The Kier molecular flexibility index (Phi) is 5.92. The second-order valence-corrected chi connectivity index (χ2v) is 9.17. The number of hydrogen-bond donors (Lipinski definition) is 0. The summed E-state index contributed by atoms with van der Waals surface area (Å²) < 4.78 is 105. The van der Waals surface area contributed by atoms with Crippen LogP contribution < -0.4 is 0 Å². The Morgan fingerprint density at radius 2 is 1.48 bits per heavy atom. The molecule has 0 N–H and O–H groups in total. The number of rotatable bonds is 5. The third-order valence-electron chi connectivity index (χ3n) is 2.97. The van der Waals surface area contributed by atoms with E-state index in [1.54, 1.807) is 0 Å². The van der Waals surface area contributed by atoms with Gasteiger partial charge >= 0.3 is 21.8 Å². The molecular formula is C15H11F6NO3S2. The molecule has 4 nitrogen and oxygen atoms in total. The maximum Gasteiger partial charge on any atom is 0.524 e. The normalized spacial score (nSPS) is 16.8. The summed E-state index contributed by atoms with van der Waals surface area (Å²) in [7, 11) is -10.2. The van der Waals surface area contributed by atoms with E-state index in [0.29, 0.717) is 0 Å². The van der Waals surface area contributed by atoms with E-state index in [1.807, 2.05) is 0 Å². The van der Waals surface area contributed by atoms with Crippen LogP contribution in [0.1, 0.15) is 0 Å². The van der Waals surface area contributed by atoms with Gasteiger partial charge in [0.2, 0.25) is 0 Å². The van der Waals surface area contributed by atoms with E-state index in [-0.39, 0.29) is 16.4 Å². The highest BCUT2D eigenvalue weighted by atomic mass is 32.3. The molecule has 0 radical (unpaired) electrons. The second kappa shape index (κ2) is 7.52. The van der Waals surface area contributed by atoms with Crippen LogP contribution in [0.4, 0.5) is 26.3 Å². The third kappa shape index (κ3) is 5.02. The van der Waals surface area contributed by atoms with Gasteiger partial charge in [0, 0.05) is 17.2 Å². The number of benzene rings is 1. The van der Waals surface area contributed by atoms with E-state index < -0.39 is 37.1 Å². The fourth-order valence-corrected chi connectivity index (χ4v) is 6.02. The molecule has 2 rings (SSSR count). The first-order valence-electron chi connectivity index (χ1n) is 6.95. The molecule has 0 spiro atoms. The SMILES string of the molecule is O=S(=O)(OS(C=CC(F)(F)F)(c1ccccc1)c1ccccn1)C(F)(F)F. The quantitative estimate of drug-likeness (QED) is 0.485. The maximum absolute atomic E-state index is 12.9. The molecule has 0 amide bonds. The molecule has 0 fully saturated rings. The highest BCUT2D eigenvalue weighted by molar-refractivity contribution is 8.35.